The number of carbonyl (C=O) groups is 1. The Bertz CT molecular complexity index is 1020. The van der Waals surface area contributed by atoms with Crippen molar-refractivity contribution in [3.63, 3.8) is 0 Å². The van der Waals surface area contributed by atoms with Crippen molar-refractivity contribution in [3.8, 4) is 0 Å². The summed E-state index contributed by atoms with van der Waals surface area (Å²) in [7, 11) is 0. The first kappa shape index (κ1) is 21.8. The predicted octanol–water partition coefficient (Wildman–Crippen LogP) is 2.66. The molecule has 0 saturated carbocycles. The van der Waals surface area contributed by atoms with E-state index in [-0.39, 0.29) is 35.1 Å². The molecule has 0 unspecified atom stereocenters. The van der Waals surface area contributed by atoms with Crippen LogP contribution in [0.1, 0.15) is 56.6 Å². The van der Waals surface area contributed by atoms with Gasteiger partial charge in [-0.25, -0.2) is 9.18 Å². The molecule has 8 heteroatoms. The molecule has 0 radical (unpaired) electrons. The summed E-state index contributed by atoms with van der Waals surface area (Å²) in [6.07, 6.45) is 0.701. The van der Waals surface area contributed by atoms with Crippen molar-refractivity contribution in [2.24, 2.45) is 0 Å². The third-order valence-corrected chi connectivity index (χ3v) is 5.38. The van der Waals surface area contributed by atoms with Crippen LogP contribution in [0.2, 0.25) is 0 Å². The molecule has 0 aliphatic carbocycles. The van der Waals surface area contributed by atoms with E-state index in [1.807, 2.05) is 32.6 Å². The molecule has 30 heavy (non-hydrogen) atoms. The Morgan fingerprint density at radius 3 is 2.13 bits per heavy atom. The van der Waals surface area contributed by atoms with Gasteiger partial charge in [-0.15, -0.1) is 0 Å². The van der Waals surface area contributed by atoms with Gasteiger partial charge in [-0.1, -0.05) is 0 Å². The van der Waals surface area contributed by atoms with Crippen LogP contribution < -0.4 is 16.1 Å². The zero-order chi connectivity index (χ0) is 22.0. The maximum atomic E-state index is 13.2. The Balaban J connectivity index is 1.88. The first-order valence-corrected chi connectivity index (χ1v) is 10.4. The van der Waals surface area contributed by atoms with Crippen molar-refractivity contribution < 1.29 is 9.18 Å². The van der Waals surface area contributed by atoms with Gasteiger partial charge in [0.2, 0.25) is 0 Å². The molecule has 1 aromatic heterocycles. The van der Waals surface area contributed by atoms with E-state index >= 15 is 0 Å². The molecule has 0 bridgehead atoms. The van der Waals surface area contributed by atoms with E-state index < -0.39 is 0 Å². The number of amides is 1. The molecule has 0 N–H and O–H groups in total. The Hall–Kier alpha value is -2.90. The average Bonchev–Trinajstić information content (AvgIpc) is 2.93. The molecule has 162 valence electrons. The molecular formula is C22H29FN4O3. The first-order valence-electron chi connectivity index (χ1n) is 10.4. The second kappa shape index (κ2) is 8.85. The maximum Gasteiger partial charge on any atom is 0.333 e. The molecule has 2 aromatic rings. The summed E-state index contributed by atoms with van der Waals surface area (Å²) in [4.78, 5) is 42.2. The number of benzene rings is 1. The van der Waals surface area contributed by atoms with E-state index in [1.165, 1.54) is 34.9 Å². The third-order valence-electron chi connectivity index (χ3n) is 5.38. The summed E-state index contributed by atoms with van der Waals surface area (Å²) in [5.41, 5.74) is -0.181. The summed E-state index contributed by atoms with van der Waals surface area (Å²) in [6, 6.07) is 6.73. The average molecular weight is 416 g/mol. The zero-order valence-corrected chi connectivity index (χ0v) is 18.0. The van der Waals surface area contributed by atoms with Crippen molar-refractivity contribution >= 4 is 11.7 Å². The smallest absolute Gasteiger partial charge is 0.333 e. The van der Waals surface area contributed by atoms with E-state index in [4.69, 9.17) is 0 Å². The van der Waals surface area contributed by atoms with E-state index in [1.54, 1.807) is 9.47 Å². The number of anilines is 1. The largest absolute Gasteiger partial charge is 0.356 e. The van der Waals surface area contributed by atoms with E-state index in [0.717, 1.165) is 0 Å². The summed E-state index contributed by atoms with van der Waals surface area (Å²) >= 11 is 0. The second-order valence-corrected chi connectivity index (χ2v) is 8.19. The quantitative estimate of drug-likeness (QED) is 0.769. The van der Waals surface area contributed by atoms with Gasteiger partial charge in [0.15, 0.2) is 0 Å². The highest BCUT2D eigenvalue weighted by atomic mass is 19.1. The molecule has 0 atom stereocenters. The van der Waals surface area contributed by atoms with E-state index in [9.17, 15) is 18.8 Å². The summed E-state index contributed by atoms with van der Waals surface area (Å²) < 4.78 is 16.1. The second-order valence-electron chi connectivity index (χ2n) is 8.19. The van der Waals surface area contributed by atoms with Gasteiger partial charge < -0.3 is 9.80 Å². The van der Waals surface area contributed by atoms with Crippen LogP contribution in [0.3, 0.4) is 0 Å². The molecule has 1 fully saturated rings. The molecule has 1 aromatic carbocycles. The normalized spacial score (nSPS) is 15.0. The standard InChI is InChI=1S/C22H29FN4O3/c1-15(2)26-19(14-20(28)27(16(3)4)22(26)30)24-10-5-11-25(13-12-24)21(29)17-6-8-18(23)9-7-17/h6-9,14-16H,5,10-13H2,1-4H3. The predicted molar refractivity (Wildman–Crippen MR) is 115 cm³/mol. The Morgan fingerprint density at radius 2 is 1.53 bits per heavy atom. The lowest BCUT2D eigenvalue weighted by molar-refractivity contribution is 0.0767. The number of hydrogen-bond acceptors (Lipinski definition) is 4. The Labute approximate surface area is 175 Å². The number of aromatic nitrogens is 2. The van der Waals surface area contributed by atoms with Crippen LogP contribution in [0.25, 0.3) is 0 Å². The number of rotatable bonds is 4. The summed E-state index contributed by atoms with van der Waals surface area (Å²) in [5, 5.41) is 0. The lowest BCUT2D eigenvalue weighted by atomic mass is 10.2. The molecule has 3 rings (SSSR count). The Kier molecular flexibility index (Phi) is 6.43. The molecule has 2 heterocycles. The zero-order valence-electron chi connectivity index (χ0n) is 18.0. The van der Waals surface area contributed by atoms with Crippen LogP contribution in [0, 0.1) is 5.82 Å². The highest BCUT2D eigenvalue weighted by Gasteiger charge is 2.24. The minimum Gasteiger partial charge on any atom is -0.356 e. The molecule has 0 spiro atoms. The van der Waals surface area contributed by atoms with Gasteiger partial charge in [0, 0.05) is 49.9 Å². The molecular weight excluding hydrogens is 387 g/mol. The van der Waals surface area contributed by atoms with Crippen molar-refractivity contribution in [2.45, 2.75) is 46.2 Å². The molecule has 1 saturated heterocycles. The minimum absolute atomic E-state index is 0.113. The Morgan fingerprint density at radius 1 is 0.900 bits per heavy atom. The number of hydrogen-bond donors (Lipinski definition) is 0. The van der Waals surface area contributed by atoms with Crippen LogP contribution in [-0.2, 0) is 0 Å². The fraction of sp³-hybridized carbons (Fsp3) is 0.500. The number of carbonyl (C=O) groups excluding carboxylic acids is 1. The third kappa shape index (κ3) is 4.32. The summed E-state index contributed by atoms with van der Waals surface area (Å²) in [5.74, 6) is 0.0673. The molecule has 1 aliphatic rings. The van der Waals surface area contributed by atoms with Crippen molar-refractivity contribution in [2.75, 3.05) is 31.1 Å². The molecule has 1 amide bonds. The highest BCUT2D eigenvalue weighted by molar-refractivity contribution is 5.94. The van der Waals surface area contributed by atoms with E-state index in [0.29, 0.717) is 44.0 Å². The van der Waals surface area contributed by atoms with Crippen LogP contribution in [0.15, 0.2) is 39.9 Å². The van der Waals surface area contributed by atoms with Crippen LogP contribution in [0.5, 0.6) is 0 Å². The van der Waals surface area contributed by atoms with Crippen molar-refractivity contribution in [1.29, 1.82) is 0 Å². The van der Waals surface area contributed by atoms with Gasteiger partial charge >= 0.3 is 5.69 Å². The van der Waals surface area contributed by atoms with E-state index in [2.05, 4.69) is 0 Å². The topological polar surface area (TPSA) is 67.5 Å². The number of nitrogens with zero attached hydrogens (tertiary/aromatic N) is 4. The van der Waals surface area contributed by atoms with Crippen molar-refractivity contribution in [1.82, 2.24) is 14.0 Å². The van der Waals surface area contributed by atoms with Gasteiger partial charge in [0.1, 0.15) is 11.6 Å². The van der Waals surface area contributed by atoms with Gasteiger partial charge in [-0.05, 0) is 58.4 Å². The fourth-order valence-electron chi connectivity index (χ4n) is 3.89. The highest BCUT2D eigenvalue weighted by Crippen LogP contribution is 2.19. The lowest BCUT2D eigenvalue weighted by Crippen LogP contribution is -2.45. The molecule has 1 aliphatic heterocycles. The van der Waals surface area contributed by atoms with Crippen LogP contribution in [-0.4, -0.2) is 46.1 Å². The van der Waals surface area contributed by atoms with Gasteiger partial charge in [-0.3, -0.25) is 18.7 Å². The number of halogens is 1. The first-order chi connectivity index (χ1) is 14.2. The lowest BCUT2D eigenvalue weighted by Gasteiger charge is -2.28. The van der Waals surface area contributed by atoms with Gasteiger partial charge in [0.05, 0.1) is 0 Å². The monoisotopic (exact) mass is 416 g/mol. The SMILES string of the molecule is CC(C)n1c(N2CCCN(C(=O)c3ccc(F)cc3)CC2)cc(=O)n(C(C)C)c1=O. The minimum atomic E-state index is -0.378. The van der Waals surface area contributed by atoms with Gasteiger partial charge in [-0.2, -0.15) is 0 Å². The van der Waals surface area contributed by atoms with Crippen LogP contribution >= 0.6 is 0 Å². The van der Waals surface area contributed by atoms with Crippen LogP contribution in [0.4, 0.5) is 10.2 Å². The van der Waals surface area contributed by atoms with Crippen molar-refractivity contribution in [3.05, 3.63) is 62.6 Å². The maximum absolute atomic E-state index is 13.2. The van der Waals surface area contributed by atoms with Gasteiger partial charge in [0.25, 0.3) is 11.5 Å². The summed E-state index contributed by atoms with van der Waals surface area (Å²) in [6.45, 7) is 9.62. The fourth-order valence-corrected chi connectivity index (χ4v) is 3.89. The molecule has 7 nitrogen and oxygen atoms in total.